The molecule has 0 aliphatic heterocycles. The minimum atomic E-state index is -0.806. The number of benzene rings is 2. The van der Waals surface area contributed by atoms with Crippen molar-refractivity contribution in [2.75, 3.05) is 5.75 Å². The molecule has 0 bridgehead atoms. The molecule has 118 valence electrons. The zero-order valence-electron chi connectivity index (χ0n) is 13.2. The van der Waals surface area contributed by atoms with Crippen LogP contribution in [0.2, 0.25) is 0 Å². The largest absolute Gasteiger partial charge is 0.481 e. The Labute approximate surface area is 147 Å². The molecule has 2 aliphatic carbocycles. The Morgan fingerprint density at radius 2 is 1.75 bits per heavy atom. The number of aliphatic carboxylic acids is 1. The number of hydrogen-bond donors (Lipinski definition) is 1. The zero-order valence-corrected chi connectivity index (χ0v) is 14.1. The molecule has 1 unspecified atom stereocenters. The molecule has 0 amide bonds. The monoisotopic (exact) mass is 332 g/mol. The minimum Gasteiger partial charge on any atom is -0.481 e. The maximum Gasteiger partial charge on any atom is 0.313 e. The molecule has 2 aromatic rings. The molecule has 2 aromatic carbocycles. The van der Waals surface area contributed by atoms with Crippen molar-refractivity contribution in [1.29, 1.82) is 0 Å². The van der Waals surface area contributed by atoms with Crippen molar-refractivity contribution in [2.24, 2.45) is 0 Å². The van der Waals surface area contributed by atoms with Crippen LogP contribution in [0.25, 0.3) is 10.8 Å². The second kappa shape index (κ2) is 6.17. The molecule has 1 fully saturated rings. The van der Waals surface area contributed by atoms with Gasteiger partial charge in [-0.1, -0.05) is 48.6 Å². The van der Waals surface area contributed by atoms with E-state index >= 15 is 0 Å². The maximum atomic E-state index is 10.9. The van der Waals surface area contributed by atoms with Crippen molar-refractivity contribution in [2.45, 2.75) is 24.7 Å². The topological polar surface area (TPSA) is 37.3 Å². The molecule has 4 heteroatoms. The fourth-order valence-electron chi connectivity index (χ4n) is 3.49. The molecule has 2 aliphatic rings. The number of carboxylic acid groups (broad SMARTS) is 1. The van der Waals surface area contributed by atoms with E-state index in [1.165, 1.54) is 46.5 Å². The van der Waals surface area contributed by atoms with Gasteiger partial charge in [-0.2, -0.15) is 0 Å². The molecule has 2 radical (unpaired) electrons. The van der Waals surface area contributed by atoms with Gasteiger partial charge in [-0.3, -0.25) is 4.79 Å². The standard InChI is InChI=1S/C20H17BO2S/c21-17-9-10-18(24-11-19(22)23)20(17)16-8-7-13(12-5-6-12)14-3-1-2-4-15(14)16/h1-4,7-10,12,20H,5-6,11H2,(H,22,23). The van der Waals surface area contributed by atoms with E-state index in [0.717, 1.165) is 10.4 Å². The van der Waals surface area contributed by atoms with Gasteiger partial charge in [-0.05, 0) is 45.6 Å². The third-order valence-electron chi connectivity index (χ3n) is 4.74. The predicted octanol–water partition coefficient (Wildman–Crippen LogP) is 4.57. The molecule has 24 heavy (non-hydrogen) atoms. The van der Waals surface area contributed by atoms with Crippen LogP contribution >= 0.6 is 11.8 Å². The number of thioether (sulfide) groups is 1. The maximum absolute atomic E-state index is 10.9. The molecule has 1 N–H and O–H groups in total. The Bertz CT molecular complexity index is 880. The second-order valence-electron chi connectivity index (χ2n) is 6.42. The SMILES string of the molecule is [B]C1=CC=C(SCC(=O)O)C1c1ccc(C2CC2)c2ccccc12. The van der Waals surface area contributed by atoms with Crippen LogP contribution < -0.4 is 0 Å². The van der Waals surface area contributed by atoms with Gasteiger partial charge in [0.2, 0.25) is 0 Å². The average Bonchev–Trinajstić information content (AvgIpc) is 3.35. The van der Waals surface area contributed by atoms with Crippen LogP contribution in [-0.4, -0.2) is 24.7 Å². The van der Waals surface area contributed by atoms with Crippen LogP contribution in [0.3, 0.4) is 0 Å². The van der Waals surface area contributed by atoms with E-state index in [1.54, 1.807) is 0 Å². The van der Waals surface area contributed by atoms with E-state index in [-0.39, 0.29) is 11.7 Å². The minimum absolute atomic E-state index is 0.0347. The van der Waals surface area contributed by atoms with Crippen molar-refractivity contribution in [3.05, 3.63) is 70.1 Å². The molecule has 1 saturated carbocycles. The lowest BCUT2D eigenvalue weighted by molar-refractivity contribution is -0.133. The molecule has 2 nitrogen and oxygen atoms in total. The highest BCUT2D eigenvalue weighted by molar-refractivity contribution is 8.03. The van der Waals surface area contributed by atoms with Crippen molar-refractivity contribution >= 4 is 36.3 Å². The van der Waals surface area contributed by atoms with Gasteiger partial charge < -0.3 is 5.11 Å². The van der Waals surface area contributed by atoms with E-state index in [9.17, 15) is 4.79 Å². The van der Waals surface area contributed by atoms with Crippen LogP contribution in [0, 0.1) is 0 Å². The first-order valence-corrected chi connectivity index (χ1v) is 9.17. The van der Waals surface area contributed by atoms with Crippen molar-refractivity contribution < 1.29 is 9.90 Å². The number of hydrogen-bond acceptors (Lipinski definition) is 2. The molecule has 0 spiro atoms. The third-order valence-corrected chi connectivity index (χ3v) is 5.84. The van der Waals surface area contributed by atoms with Crippen LogP contribution in [0.15, 0.2) is 58.9 Å². The first-order valence-electron chi connectivity index (χ1n) is 8.18. The molecule has 0 saturated heterocycles. The summed E-state index contributed by atoms with van der Waals surface area (Å²) in [5, 5.41) is 11.5. The Kier molecular flexibility index (Phi) is 4.01. The first kappa shape index (κ1) is 15.6. The quantitative estimate of drug-likeness (QED) is 0.815. The highest BCUT2D eigenvalue weighted by atomic mass is 32.2. The van der Waals surface area contributed by atoms with E-state index in [2.05, 4.69) is 36.4 Å². The number of allylic oxidation sites excluding steroid dienone is 4. The second-order valence-corrected chi connectivity index (χ2v) is 7.46. The summed E-state index contributed by atoms with van der Waals surface area (Å²) in [5.74, 6) is -0.0926. The van der Waals surface area contributed by atoms with Gasteiger partial charge in [0.1, 0.15) is 7.85 Å². The summed E-state index contributed by atoms with van der Waals surface area (Å²) in [6, 6.07) is 12.9. The molecule has 0 aromatic heterocycles. The molecular formula is C20H17BO2S. The van der Waals surface area contributed by atoms with Crippen molar-refractivity contribution in [3.63, 3.8) is 0 Å². The Morgan fingerprint density at radius 3 is 2.42 bits per heavy atom. The predicted molar refractivity (Wildman–Crippen MR) is 101 cm³/mol. The summed E-state index contributed by atoms with van der Waals surface area (Å²) in [4.78, 5) is 11.9. The zero-order chi connectivity index (χ0) is 16.7. The van der Waals surface area contributed by atoms with Gasteiger partial charge in [-0.15, -0.1) is 17.2 Å². The van der Waals surface area contributed by atoms with E-state index < -0.39 is 5.97 Å². The van der Waals surface area contributed by atoms with Gasteiger partial charge in [0.15, 0.2) is 0 Å². The van der Waals surface area contributed by atoms with Crippen molar-refractivity contribution in [3.8, 4) is 0 Å². The van der Waals surface area contributed by atoms with Crippen LogP contribution in [0.1, 0.15) is 35.8 Å². The van der Waals surface area contributed by atoms with E-state index in [1.807, 2.05) is 12.2 Å². The summed E-state index contributed by atoms with van der Waals surface area (Å²) < 4.78 is 0. The van der Waals surface area contributed by atoms with Gasteiger partial charge in [0.25, 0.3) is 0 Å². The summed E-state index contributed by atoms with van der Waals surface area (Å²) in [7, 11) is 6.26. The number of fused-ring (bicyclic) bond motifs is 1. The third kappa shape index (κ3) is 2.80. The fraction of sp³-hybridized carbons (Fsp3) is 0.250. The highest BCUT2D eigenvalue weighted by Gasteiger charge is 2.28. The van der Waals surface area contributed by atoms with Gasteiger partial charge >= 0.3 is 5.97 Å². The molecular weight excluding hydrogens is 315 g/mol. The molecule has 0 heterocycles. The van der Waals surface area contributed by atoms with E-state index in [0.29, 0.717) is 5.92 Å². The smallest absolute Gasteiger partial charge is 0.313 e. The first-order chi connectivity index (χ1) is 11.6. The number of carbonyl (C=O) groups is 1. The van der Waals surface area contributed by atoms with Gasteiger partial charge in [0.05, 0.1) is 5.75 Å². The lowest BCUT2D eigenvalue weighted by atomic mass is 9.79. The molecule has 4 rings (SSSR count). The fourth-order valence-corrected chi connectivity index (χ4v) is 4.38. The van der Waals surface area contributed by atoms with Crippen LogP contribution in [0.4, 0.5) is 0 Å². The summed E-state index contributed by atoms with van der Waals surface area (Å²) in [5.41, 5.74) is 3.39. The van der Waals surface area contributed by atoms with Gasteiger partial charge in [0, 0.05) is 5.92 Å². The summed E-state index contributed by atoms with van der Waals surface area (Å²) in [6.07, 6.45) is 6.40. The summed E-state index contributed by atoms with van der Waals surface area (Å²) in [6.45, 7) is 0. The Balaban J connectivity index is 1.78. The average molecular weight is 332 g/mol. The lowest BCUT2D eigenvalue weighted by Gasteiger charge is -2.21. The number of carboxylic acids is 1. The lowest BCUT2D eigenvalue weighted by Crippen LogP contribution is -2.05. The Hall–Kier alpha value is -1.94. The van der Waals surface area contributed by atoms with Crippen molar-refractivity contribution in [1.82, 2.24) is 0 Å². The van der Waals surface area contributed by atoms with E-state index in [4.69, 9.17) is 13.0 Å². The van der Waals surface area contributed by atoms with Crippen LogP contribution in [0.5, 0.6) is 0 Å². The summed E-state index contributed by atoms with van der Waals surface area (Å²) >= 11 is 1.36. The van der Waals surface area contributed by atoms with Gasteiger partial charge in [-0.25, -0.2) is 0 Å². The highest BCUT2D eigenvalue weighted by Crippen LogP contribution is 2.47. The van der Waals surface area contributed by atoms with Crippen LogP contribution in [-0.2, 0) is 4.79 Å². The number of rotatable bonds is 5. The normalized spacial score (nSPS) is 20.1. The molecule has 1 atom stereocenters. The Morgan fingerprint density at radius 1 is 1.08 bits per heavy atom.